The number of sulfonamides is 1. The number of carbonyl (C=O) groups excluding carboxylic acids is 1. The van der Waals surface area contributed by atoms with E-state index >= 15 is 0 Å². The Morgan fingerprint density at radius 1 is 1.32 bits per heavy atom. The van der Waals surface area contributed by atoms with Gasteiger partial charge >= 0.3 is 0 Å². The van der Waals surface area contributed by atoms with E-state index < -0.39 is 10.0 Å². The number of nitrogen functional groups attached to an aromatic ring is 2. The first-order chi connectivity index (χ1) is 8.78. The van der Waals surface area contributed by atoms with Crippen LogP contribution >= 0.6 is 0 Å². The molecule has 2 heterocycles. The van der Waals surface area contributed by atoms with Crippen molar-refractivity contribution in [2.45, 2.75) is 6.42 Å². The van der Waals surface area contributed by atoms with Crippen LogP contribution in [0.2, 0.25) is 0 Å². The molecule has 1 saturated heterocycles. The SMILES string of the molecule is Nc1ncnc(N)c1N1CC(CS(N)(=O)=O)CC1=O. The molecule has 0 radical (unpaired) electrons. The van der Waals surface area contributed by atoms with E-state index in [2.05, 4.69) is 9.97 Å². The van der Waals surface area contributed by atoms with Gasteiger partial charge in [0.2, 0.25) is 15.9 Å². The van der Waals surface area contributed by atoms with Crippen molar-refractivity contribution in [2.75, 3.05) is 28.7 Å². The number of hydrogen-bond donors (Lipinski definition) is 3. The van der Waals surface area contributed by atoms with E-state index in [0.717, 1.165) is 0 Å². The van der Waals surface area contributed by atoms with Gasteiger partial charge in [0, 0.05) is 18.9 Å². The molecule has 9 nitrogen and oxygen atoms in total. The Morgan fingerprint density at radius 2 is 1.89 bits per heavy atom. The van der Waals surface area contributed by atoms with E-state index in [1.807, 2.05) is 0 Å². The molecule has 0 aromatic carbocycles. The molecule has 10 heteroatoms. The molecule has 0 bridgehead atoms. The molecule has 1 aliphatic heterocycles. The summed E-state index contributed by atoms with van der Waals surface area (Å²) < 4.78 is 22.1. The van der Waals surface area contributed by atoms with Crippen LogP contribution in [-0.2, 0) is 14.8 Å². The topological polar surface area (TPSA) is 158 Å². The average Bonchev–Trinajstić information content (AvgIpc) is 2.56. The number of aromatic nitrogens is 2. The van der Waals surface area contributed by atoms with Gasteiger partial charge in [0.1, 0.15) is 12.0 Å². The molecule has 1 unspecified atom stereocenters. The summed E-state index contributed by atoms with van der Waals surface area (Å²) >= 11 is 0. The Hall–Kier alpha value is -1.94. The fraction of sp³-hybridized carbons (Fsp3) is 0.444. The smallest absolute Gasteiger partial charge is 0.227 e. The molecule has 19 heavy (non-hydrogen) atoms. The van der Waals surface area contributed by atoms with Crippen molar-refractivity contribution >= 4 is 33.3 Å². The molecular weight excluding hydrogens is 272 g/mol. The molecule has 1 aromatic heterocycles. The maximum absolute atomic E-state index is 11.9. The lowest BCUT2D eigenvalue weighted by Crippen LogP contribution is -2.29. The van der Waals surface area contributed by atoms with Crippen LogP contribution in [0.5, 0.6) is 0 Å². The minimum Gasteiger partial charge on any atom is -0.382 e. The second kappa shape index (κ2) is 4.63. The number of carbonyl (C=O) groups is 1. The molecule has 0 spiro atoms. The van der Waals surface area contributed by atoms with Crippen molar-refractivity contribution in [1.82, 2.24) is 9.97 Å². The van der Waals surface area contributed by atoms with Crippen LogP contribution in [0.3, 0.4) is 0 Å². The number of amides is 1. The van der Waals surface area contributed by atoms with E-state index in [9.17, 15) is 13.2 Å². The third-order valence-corrected chi connectivity index (χ3v) is 3.76. The minimum atomic E-state index is -3.63. The van der Waals surface area contributed by atoms with Gasteiger partial charge in [-0.3, -0.25) is 4.79 Å². The lowest BCUT2D eigenvalue weighted by molar-refractivity contribution is -0.117. The largest absolute Gasteiger partial charge is 0.382 e. The molecule has 1 fully saturated rings. The van der Waals surface area contributed by atoms with Gasteiger partial charge in [-0.2, -0.15) is 0 Å². The van der Waals surface area contributed by atoms with Crippen LogP contribution in [0.15, 0.2) is 6.33 Å². The summed E-state index contributed by atoms with van der Waals surface area (Å²) in [6.45, 7) is 0.178. The summed E-state index contributed by atoms with van der Waals surface area (Å²) in [6.07, 6.45) is 1.26. The zero-order chi connectivity index (χ0) is 14.2. The van der Waals surface area contributed by atoms with Gasteiger partial charge in [0.05, 0.1) is 5.75 Å². The summed E-state index contributed by atoms with van der Waals surface area (Å²) in [4.78, 5) is 20.7. The fourth-order valence-corrected chi connectivity index (χ4v) is 3.00. The summed E-state index contributed by atoms with van der Waals surface area (Å²) in [5.74, 6) is -0.763. The number of nitrogens with two attached hydrogens (primary N) is 3. The Labute approximate surface area is 109 Å². The van der Waals surface area contributed by atoms with E-state index in [1.54, 1.807) is 0 Å². The Morgan fingerprint density at radius 3 is 2.42 bits per heavy atom. The normalized spacial score (nSPS) is 19.9. The maximum atomic E-state index is 11.9. The van der Waals surface area contributed by atoms with Crippen molar-refractivity contribution in [1.29, 1.82) is 0 Å². The first kappa shape index (κ1) is 13.5. The van der Waals surface area contributed by atoms with Gasteiger partial charge in [-0.05, 0) is 0 Å². The van der Waals surface area contributed by atoms with E-state index in [0.29, 0.717) is 0 Å². The van der Waals surface area contributed by atoms with Gasteiger partial charge in [-0.25, -0.2) is 23.5 Å². The number of hydrogen-bond acceptors (Lipinski definition) is 7. The highest BCUT2D eigenvalue weighted by Crippen LogP contribution is 2.32. The monoisotopic (exact) mass is 286 g/mol. The summed E-state index contributed by atoms with van der Waals surface area (Å²) in [5, 5.41) is 4.97. The molecule has 0 aliphatic carbocycles. The first-order valence-corrected chi connectivity index (χ1v) is 7.16. The van der Waals surface area contributed by atoms with Crippen LogP contribution in [0.1, 0.15) is 6.42 Å². The Bertz CT molecular complexity index is 596. The van der Waals surface area contributed by atoms with Crippen LogP contribution in [-0.4, -0.2) is 36.6 Å². The molecule has 0 saturated carbocycles. The summed E-state index contributed by atoms with van der Waals surface area (Å²) in [5.41, 5.74) is 11.6. The van der Waals surface area contributed by atoms with Crippen molar-refractivity contribution in [3.05, 3.63) is 6.33 Å². The second-order valence-electron chi connectivity index (χ2n) is 4.40. The number of rotatable bonds is 3. The second-order valence-corrected chi connectivity index (χ2v) is 6.06. The molecule has 1 aromatic rings. The minimum absolute atomic E-state index is 0.0736. The van der Waals surface area contributed by atoms with Gasteiger partial charge in [-0.1, -0.05) is 0 Å². The van der Waals surface area contributed by atoms with Crippen LogP contribution in [0.25, 0.3) is 0 Å². The highest BCUT2D eigenvalue weighted by atomic mass is 32.2. The molecule has 1 atom stereocenters. The lowest BCUT2D eigenvalue weighted by Gasteiger charge is -2.18. The van der Waals surface area contributed by atoms with E-state index in [1.165, 1.54) is 11.2 Å². The van der Waals surface area contributed by atoms with Gasteiger partial charge in [0.15, 0.2) is 11.6 Å². The predicted molar refractivity (Wildman–Crippen MR) is 69.3 cm³/mol. The molecule has 1 aliphatic rings. The van der Waals surface area contributed by atoms with Crippen molar-refractivity contribution in [3.8, 4) is 0 Å². The summed E-state index contributed by atoms with van der Waals surface area (Å²) in [7, 11) is -3.63. The highest BCUT2D eigenvalue weighted by Gasteiger charge is 2.35. The third kappa shape index (κ3) is 2.90. The number of primary sulfonamides is 1. The third-order valence-electron chi connectivity index (χ3n) is 2.82. The quantitative estimate of drug-likeness (QED) is 0.596. The van der Waals surface area contributed by atoms with Crippen LogP contribution < -0.4 is 21.5 Å². The maximum Gasteiger partial charge on any atom is 0.227 e. The predicted octanol–water partition coefficient (Wildman–Crippen LogP) is -1.72. The molecule has 1 amide bonds. The van der Waals surface area contributed by atoms with Crippen molar-refractivity contribution in [3.63, 3.8) is 0 Å². The molecule has 6 N–H and O–H groups in total. The number of nitrogens with zero attached hydrogens (tertiary/aromatic N) is 3. The number of anilines is 3. The zero-order valence-electron chi connectivity index (χ0n) is 9.98. The van der Waals surface area contributed by atoms with Crippen LogP contribution in [0, 0.1) is 5.92 Å². The average molecular weight is 286 g/mol. The molecular formula is C9H14N6O3S. The van der Waals surface area contributed by atoms with Crippen LogP contribution in [0.4, 0.5) is 17.3 Å². The standard InChI is InChI=1S/C9H14N6O3S/c10-8-7(9(11)14-4-13-8)15-2-5(1-6(15)16)3-19(12,17)18/h4-5H,1-3H2,(H2,12,17,18)(H4,10,11,13,14). The molecule has 2 rings (SSSR count). The Kier molecular flexibility index (Phi) is 3.28. The van der Waals surface area contributed by atoms with Gasteiger partial charge < -0.3 is 16.4 Å². The Balaban J connectivity index is 2.26. The zero-order valence-corrected chi connectivity index (χ0v) is 10.8. The van der Waals surface area contributed by atoms with Crippen molar-refractivity contribution in [2.24, 2.45) is 11.1 Å². The first-order valence-electron chi connectivity index (χ1n) is 5.44. The molecule has 104 valence electrons. The van der Waals surface area contributed by atoms with Gasteiger partial charge in [-0.15, -0.1) is 0 Å². The van der Waals surface area contributed by atoms with E-state index in [4.69, 9.17) is 16.6 Å². The summed E-state index contributed by atoms with van der Waals surface area (Å²) in [6, 6.07) is 0. The highest BCUT2D eigenvalue weighted by molar-refractivity contribution is 7.89. The van der Waals surface area contributed by atoms with Gasteiger partial charge in [0.25, 0.3) is 0 Å². The lowest BCUT2D eigenvalue weighted by atomic mass is 10.1. The van der Waals surface area contributed by atoms with Crippen molar-refractivity contribution < 1.29 is 13.2 Å². The van der Waals surface area contributed by atoms with E-state index in [-0.39, 0.29) is 47.9 Å². The fourth-order valence-electron chi connectivity index (χ4n) is 2.12.